The predicted octanol–water partition coefficient (Wildman–Crippen LogP) is 1.78. The zero-order valence-corrected chi connectivity index (χ0v) is 11.0. The van der Waals surface area contributed by atoms with E-state index >= 15 is 0 Å². The van der Waals surface area contributed by atoms with Crippen LogP contribution < -0.4 is 10.6 Å². The molecule has 18 heavy (non-hydrogen) atoms. The number of piperazine rings is 1. The third-order valence-electron chi connectivity index (χ3n) is 3.26. The summed E-state index contributed by atoms with van der Waals surface area (Å²) in [5.74, 6) is 0.376. The molecule has 1 aliphatic heterocycles. The Morgan fingerprint density at radius 1 is 1.39 bits per heavy atom. The van der Waals surface area contributed by atoms with E-state index < -0.39 is 0 Å². The fraction of sp³-hybridized carbons (Fsp3) is 0.571. The maximum Gasteiger partial charge on any atom is 0.125 e. The van der Waals surface area contributed by atoms with Crippen molar-refractivity contribution in [3.63, 3.8) is 0 Å². The summed E-state index contributed by atoms with van der Waals surface area (Å²) < 4.78 is 13.0. The van der Waals surface area contributed by atoms with Gasteiger partial charge >= 0.3 is 0 Å². The molecule has 4 heteroatoms. The van der Waals surface area contributed by atoms with Crippen molar-refractivity contribution in [2.45, 2.75) is 6.92 Å². The molecule has 3 nitrogen and oxygen atoms in total. The molecule has 0 bridgehead atoms. The van der Waals surface area contributed by atoms with Crippen molar-refractivity contribution in [3.8, 4) is 0 Å². The molecule has 1 atom stereocenters. The quantitative estimate of drug-likeness (QED) is 0.835. The molecule has 0 aromatic heterocycles. The molecule has 1 unspecified atom stereocenters. The van der Waals surface area contributed by atoms with Crippen molar-refractivity contribution in [2.75, 3.05) is 44.6 Å². The van der Waals surface area contributed by atoms with Gasteiger partial charge in [0, 0.05) is 45.0 Å². The average molecular weight is 251 g/mol. The Morgan fingerprint density at radius 2 is 2.17 bits per heavy atom. The Kier molecular flexibility index (Phi) is 4.96. The molecule has 0 aliphatic carbocycles. The lowest BCUT2D eigenvalue weighted by Crippen LogP contribution is -2.45. The summed E-state index contributed by atoms with van der Waals surface area (Å²) in [5.41, 5.74) is 0.863. The lowest BCUT2D eigenvalue weighted by Gasteiger charge is -2.29. The van der Waals surface area contributed by atoms with Gasteiger partial charge in [-0.25, -0.2) is 4.39 Å². The number of halogens is 1. The molecule has 2 rings (SSSR count). The smallest absolute Gasteiger partial charge is 0.125 e. The minimum atomic E-state index is -0.185. The van der Waals surface area contributed by atoms with Gasteiger partial charge in [-0.05, 0) is 24.1 Å². The van der Waals surface area contributed by atoms with Crippen LogP contribution in [0.1, 0.15) is 6.92 Å². The van der Waals surface area contributed by atoms with Gasteiger partial charge in [-0.1, -0.05) is 13.0 Å². The van der Waals surface area contributed by atoms with Crippen LogP contribution >= 0.6 is 0 Å². The molecule has 0 saturated carbocycles. The van der Waals surface area contributed by atoms with Crippen LogP contribution in [0.4, 0.5) is 10.1 Å². The largest absolute Gasteiger partial charge is 0.385 e. The Hall–Kier alpha value is -1.13. The number of rotatable bonds is 5. The lowest BCUT2D eigenvalue weighted by atomic mass is 10.1. The van der Waals surface area contributed by atoms with Crippen molar-refractivity contribution in [3.05, 3.63) is 30.1 Å². The fourth-order valence-electron chi connectivity index (χ4n) is 2.29. The van der Waals surface area contributed by atoms with Gasteiger partial charge in [-0.3, -0.25) is 0 Å². The van der Waals surface area contributed by atoms with E-state index in [1.54, 1.807) is 6.07 Å². The molecule has 1 aromatic rings. The highest BCUT2D eigenvalue weighted by atomic mass is 19.1. The van der Waals surface area contributed by atoms with Crippen molar-refractivity contribution >= 4 is 5.69 Å². The van der Waals surface area contributed by atoms with Crippen molar-refractivity contribution in [1.29, 1.82) is 0 Å². The predicted molar refractivity (Wildman–Crippen MR) is 73.4 cm³/mol. The number of benzene rings is 1. The second-order valence-electron chi connectivity index (χ2n) is 5.05. The number of hydrogen-bond acceptors (Lipinski definition) is 3. The Labute approximate surface area is 108 Å². The van der Waals surface area contributed by atoms with Gasteiger partial charge in [0.15, 0.2) is 0 Å². The molecule has 1 saturated heterocycles. The topological polar surface area (TPSA) is 27.3 Å². The first kappa shape index (κ1) is 13.3. The second kappa shape index (κ2) is 6.71. The molecule has 0 radical (unpaired) electrons. The Balaban J connectivity index is 1.72. The molecule has 0 amide bonds. The van der Waals surface area contributed by atoms with E-state index in [1.807, 2.05) is 6.07 Å². The van der Waals surface area contributed by atoms with Gasteiger partial charge in [0.2, 0.25) is 0 Å². The molecule has 100 valence electrons. The maximum absolute atomic E-state index is 13.0. The highest BCUT2D eigenvalue weighted by Crippen LogP contribution is 2.10. The lowest BCUT2D eigenvalue weighted by molar-refractivity contribution is 0.215. The first-order chi connectivity index (χ1) is 8.74. The van der Waals surface area contributed by atoms with Crippen LogP contribution in [0.2, 0.25) is 0 Å². The molecular weight excluding hydrogens is 229 g/mol. The minimum Gasteiger partial charge on any atom is -0.385 e. The summed E-state index contributed by atoms with van der Waals surface area (Å²) >= 11 is 0. The van der Waals surface area contributed by atoms with Crippen LogP contribution in [-0.4, -0.2) is 44.2 Å². The molecule has 1 heterocycles. The normalized spacial score (nSPS) is 18.6. The molecular formula is C14H22FN3. The van der Waals surface area contributed by atoms with Gasteiger partial charge in [-0.2, -0.15) is 0 Å². The molecule has 1 aliphatic rings. The first-order valence-corrected chi connectivity index (χ1v) is 6.66. The van der Waals surface area contributed by atoms with Gasteiger partial charge in [0.1, 0.15) is 5.82 Å². The van der Waals surface area contributed by atoms with Crippen molar-refractivity contribution in [2.24, 2.45) is 5.92 Å². The number of hydrogen-bond donors (Lipinski definition) is 2. The van der Waals surface area contributed by atoms with E-state index in [9.17, 15) is 4.39 Å². The highest BCUT2D eigenvalue weighted by Gasteiger charge is 2.12. The minimum absolute atomic E-state index is 0.185. The maximum atomic E-state index is 13.0. The monoisotopic (exact) mass is 251 g/mol. The van der Waals surface area contributed by atoms with Gasteiger partial charge in [0.05, 0.1) is 0 Å². The molecule has 0 spiro atoms. The van der Waals surface area contributed by atoms with Crippen molar-refractivity contribution in [1.82, 2.24) is 10.2 Å². The van der Waals surface area contributed by atoms with E-state index in [-0.39, 0.29) is 5.82 Å². The molecule has 1 fully saturated rings. The van der Waals surface area contributed by atoms with Gasteiger partial charge in [0.25, 0.3) is 0 Å². The SMILES string of the molecule is CC(CNc1cccc(F)c1)CN1CCNCC1. The van der Waals surface area contributed by atoms with Crippen LogP contribution in [0.5, 0.6) is 0 Å². The average Bonchev–Trinajstić information content (AvgIpc) is 2.38. The number of anilines is 1. The van der Waals surface area contributed by atoms with Crippen LogP contribution in [-0.2, 0) is 0 Å². The van der Waals surface area contributed by atoms with Gasteiger partial charge < -0.3 is 15.5 Å². The standard InChI is InChI=1S/C14H22FN3/c1-12(11-18-7-5-16-6-8-18)10-17-14-4-2-3-13(15)9-14/h2-4,9,12,16-17H,5-8,10-11H2,1H3. The summed E-state index contributed by atoms with van der Waals surface area (Å²) in [4.78, 5) is 2.48. The van der Waals surface area contributed by atoms with E-state index in [1.165, 1.54) is 12.1 Å². The Morgan fingerprint density at radius 3 is 2.89 bits per heavy atom. The van der Waals surface area contributed by atoms with E-state index in [0.29, 0.717) is 5.92 Å². The van der Waals surface area contributed by atoms with Crippen LogP contribution in [0, 0.1) is 11.7 Å². The van der Waals surface area contributed by atoms with Crippen LogP contribution in [0.15, 0.2) is 24.3 Å². The third-order valence-corrected chi connectivity index (χ3v) is 3.26. The summed E-state index contributed by atoms with van der Waals surface area (Å²) in [7, 11) is 0. The summed E-state index contributed by atoms with van der Waals surface area (Å²) in [5, 5.41) is 6.65. The summed E-state index contributed by atoms with van der Waals surface area (Å²) in [6.45, 7) is 8.65. The number of nitrogens with one attached hydrogen (secondary N) is 2. The zero-order valence-electron chi connectivity index (χ0n) is 11.0. The number of nitrogens with zero attached hydrogens (tertiary/aromatic N) is 1. The fourth-order valence-corrected chi connectivity index (χ4v) is 2.29. The first-order valence-electron chi connectivity index (χ1n) is 6.66. The molecule has 2 N–H and O–H groups in total. The van der Waals surface area contributed by atoms with Crippen LogP contribution in [0.3, 0.4) is 0 Å². The summed E-state index contributed by atoms with van der Waals surface area (Å²) in [6, 6.07) is 6.64. The Bertz CT molecular complexity index is 364. The highest BCUT2D eigenvalue weighted by molar-refractivity contribution is 5.42. The molecule has 1 aromatic carbocycles. The summed E-state index contributed by atoms with van der Waals surface area (Å²) in [6.07, 6.45) is 0. The van der Waals surface area contributed by atoms with E-state index in [0.717, 1.165) is 45.0 Å². The van der Waals surface area contributed by atoms with E-state index in [2.05, 4.69) is 22.5 Å². The zero-order chi connectivity index (χ0) is 12.8. The second-order valence-corrected chi connectivity index (χ2v) is 5.05. The van der Waals surface area contributed by atoms with Gasteiger partial charge in [-0.15, -0.1) is 0 Å². The van der Waals surface area contributed by atoms with Crippen LogP contribution in [0.25, 0.3) is 0 Å². The van der Waals surface area contributed by atoms with Crippen molar-refractivity contribution < 1.29 is 4.39 Å². The van der Waals surface area contributed by atoms with E-state index in [4.69, 9.17) is 0 Å². The third kappa shape index (κ3) is 4.27.